The van der Waals surface area contributed by atoms with Crippen molar-refractivity contribution in [1.82, 2.24) is 10.6 Å². The van der Waals surface area contributed by atoms with Crippen molar-refractivity contribution in [3.8, 4) is 0 Å². The molecule has 1 unspecified atom stereocenters. The van der Waals surface area contributed by atoms with Gasteiger partial charge in [-0.2, -0.15) is 0 Å². The van der Waals surface area contributed by atoms with Crippen molar-refractivity contribution in [2.75, 3.05) is 6.54 Å². The van der Waals surface area contributed by atoms with Gasteiger partial charge in [-0.3, -0.25) is 9.59 Å². The number of hydrogen-bond acceptors (Lipinski definition) is 3. The van der Waals surface area contributed by atoms with Gasteiger partial charge in [0.25, 0.3) is 0 Å². The van der Waals surface area contributed by atoms with Crippen LogP contribution >= 0.6 is 0 Å². The van der Waals surface area contributed by atoms with Gasteiger partial charge in [0.1, 0.15) is 0 Å². The number of aliphatic carboxylic acids is 1. The number of hydrogen-bond donors (Lipinski definition) is 3. The van der Waals surface area contributed by atoms with Gasteiger partial charge in [0.2, 0.25) is 5.91 Å². The highest BCUT2D eigenvalue weighted by atomic mass is 16.4. The Bertz CT molecular complexity index is 516. The van der Waals surface area contributed by atoms with Crippen LogP contribution < -0.4 is 10.6 Å². The van der Waals surface area contributed by atoms with Crippen molar-refractivity contribution in [1.29, 1.82) is 0 Å². The van der Waals surface area contributed by atoms with Crippen LogP contribution in [0.1, 0.15) is 30.9 Å². The summed E-state index contributed by atoms with van der Waals surface area (Å²) in [6.45, 7) is 3.18. The molecule has 0 aromatic heterocycles. The number of nitrogens with one attached hydrogen (secondary N) is 2. The van der Waals surface area contributed by atoms with Gasteiger partial charge in [0, 0.05) is 19.5 Å². The van der Waals surface area contributed by atoms with Gasteiger partial charge in [-0.1, -0.05) is 31.2 Å². The third-order valence-corrected chi connectivity index (χ3v) is 3.87. The molecule has 2 rings (SSSR count). The smallest absolute Gasteiger partial charge is 0.303 e. The Morgan fingerprint density at radius 1 is 1.38 bits per heavy atom. The Morgan fingerprint density at radius 3 is 2.81 bits per heavy atom. The standard InChI is InChI=1S/C16H22N2O3/c1-11(6-7-15(19)20)9-18-16(21)14-8-12-4-2-3-5-13(12)10-17-14/h2-5,11,14,17H,6-10H2,1H3,(H,18,21)(H,19,20)/t11?,14-/m0/s1. The fourth-order valence-electron chi connectivity index (χ4n) is 2.51. The first-order valence-corrected chi connectivity index (χ1v) is 7.36. The van der Waals surface area contributed by atoms with Gasteiger partial charge in [-0.15, -0.1) is 0 Å². The molecule has 0 aliphatic carbocycles. The molecule has 0 saturated carbocycles. The number of amides is 1. The number of carboxylic acid groups (broad SMARTS) is 1. The van der Waals surface area contributed by atoms with Crippen molar-refractivity contribution in [2.24, 2.45) is 5.92 Å². The molecular formula is C16H22N2O3. The molecule has 5 nitrogen and oxygen atoms in total. The van der Waals surface area contributed by atoms with Crippen molar-refractivity contribution >= 4 is 11.9 Å². The Hall–Kier alpha value is -1.88. The van der Waals surface area contributed by atoms with E-state index in [2.05, 4.69) is 22.8 Å². The van der Waals surface area contributed by atoms with Crippen molar-refractivity contribution in [3.63, 3.8) is 0 Å². The summed E-state index contributed by atoms with van der Waals surface area (Å²) in [5, 5.41) is 14.8. The van der Waals surface area contributed by atoms with Gasteiger partial charge >= 0.3 is 5.97 Å². The van der Waals surface area contributed by atoms with Crippen LogP contribution in [-0.4, -0.2) is 29.6 Å². The molecule has 21 heavy (non-hydrogen) atoms. The van der Waals surface area contributed by atoms with E-state index in [0.29, 0.717) is 25.9 Å². The monoisotopic (exact) mass is 290 g/mol. The van der Waals surface area contributed by atoms with Crippen molar-refractivity contribution in [3.05, 3.63) is 35.4 Å². The predicted molar refractivity (Wildman–Crippen MR) is 79.8 cm³/mol. The first-order chi connectivity index (χ1) is 10.1. The molecule has 1 aliphatic heterocycles. The molecule has 1 heterocycles. The quantitative estimate of drug-likeness (QED) is 0.738. The number of carbonyl (C=O) groups excluding carboxylic acids is 1. The van der Waals surface area contributed by atoms with Crippen molar-refractivity contribution < 1.29 is 14.7 Å². The summed E-state index contributed by atoms with van der Waals surface area (Å²) in [7, 11) is 0. The maximum atomic E-state index is 12.2. The van der Waals surface area contributed by atoms with Crippen LogP contribution in [0.2, 0.25) is 0 Å². The molecule has 5 heteroatoms. The van der Waals surface area contributed by atoms with E-state index >= 15 is 0 Å². The van der Waals surface area contributed by atoms with E-state index < -0.39 is 5.97 Å². The van der Waals surface area contributed by atoms with E-state index in [1.807, 2.05) is 19.1 Å². The van der Waals surface area contributed by atoms with E-state index in [9.17, 15) is 9.59 Å². The SMILES string of the molecule is CC(CCC(=O)O)CNC(=O)[C@@H]1Cc2ccccc2CN1. The Kier molecular flexibility index (Phi) is 5.33. The fraction of sp³-hybridized carbons (Fsp3) is 0.500. The zero-order valence-corrected chi connectivity index (χ0v) is 12.3. The lowest BCUT2D eigenvalue weighted by Crippen LogP contribution is -2.48. The van der Waals surface area contributed by atoms with E-state index in [-0.39, 0.29) is 24.3 Å². The maximum Gasteiger partial charge on any atom is 0.303 e. The summed E-state index contributed by atoms with van der Waals surface area (Å²) in [4.78, 5) is 22.7. The summed E-state index contributed by atoms with van der Waals surface area (Å²) < 4.78 is 0. The van der Waals surface area contributed by atoms with Crippen molar-refractivity contribution in [2.45, 2.75) is 38.8 Å². The van der Waals surface area contributed by atoms with Gasteiger partial charge < -0.3 is 15.7 Å². The molecule has 3 N–H and O–H groups in total. The van der Waals surface area contributed by atoms with Crippen LogP contribution in [0.4, 0.5) is 0 Å². The van der Waals surface area contributed by atoms with E-state index in [4.69, 9.17) is 5.11 Å². The number of fused-ring (bicyclic) bond motifs is 1. The molecule has 1 aromatic carbocycles. The van der Waals surface area contributed by atoms with Crippen LogP contribution in [0.5, 0.6) is 0 Å². The molecule has 2 atom stereocenters. The summed E-state index contributed by atoms with van der Waals surface area (Å²) in [5.74, 6) is -0.633. The number of rotatable bonds is 6. The normalized spacial score (nSPS) is 18.6. The summed E-state index contributed by atoms with van der Waals surface area (Å²) >= 11 is 0. The predicted octanol–water partition coefficient (Wildman–Crippen LogP) is 1.32. The van der Waals surface area contributed by atoms with E-state index in [1.165, 1.54) is 11.1 Å². The third-order valence-electron chi connectivity index (χ3n) is 3.87. The number of carbonyl (C=O) groups is 2. The largest absolute Gasteiger partial charge is 0.481 e. The van der Waals surface area contributed by atoms with E-state index in [0.717, 1.165) is 0 Å². The molecule has 0 radical (unpaired) electrons. The summed E-state index contributed by atoms with van der Waals surface area (Å²) in [6.07, 6.45) is 1.42. The molecular weight excluding hydrogens is 268 g/mol. The molecule has 0 saturated heterocycles. The van der Waals surface area contributed by atoms with Gasteiger partial charge in [0.05, 0.1) is 6.04 Å². The topological polar surface area (TPSA) is 78.4 Å². The lowest BCUT2D eigenvalue weighted by molar-refractivity contribution is -0.137. The van der Waals surface area contributed by atoms with Gasteiger partial charge in [-0.25, -0.2) is 0 Å². The van der Waals surface area contributed by atoms with Crippen LogP contribution in [0.3, 0.4) is 0 Å². The van der Waals surface area contributed by atoms with Crippen LogP contribution in [0.25, 0.3) is 0 Å². The molecule has 1 aromatic rings. The minimum atomic E-state index is -0.793. The second kappa shape index (κ2) is 7.22. The molecule has 114 valence electrons. The molecule has 0 fully saturated rings. The Labute approximate surface area is 124 Å². The highest BCUT2D eigenvalue weighted by Crippen LogP contribution is 2.16. The third kappa shape index (κ3) is 4.56. The fourth-order valence-corrected chi connectivity index (χ4v) is 2.51. The minimum Gasteiger partial charge on any atom is -0.481 e. The first kappa shape index (κ1) is 15.5. The second-order valence-electron chi connectivity index (χ2n) is 5.69. The lowest BCUT2D eigenvalue weighted by Gasteiger charge is -2.25. The average Bonchev–Trinajstić information content (AvgIpc) is 2.50. The molecule has 1 amide bonds. The number of benzene rings is 1. The first-order valence-electron chi connectivity index (χ1n) is 7.36. The summed E-state index contributed by atoms with van der Waals surface area (Å²) in [6, 6.07) is 7.93. The lowest BCUT2D eigenvalue weighted by atomic mass is 9.95. The van der Waals surface area contributed by atoms with E-state index in [1.54, 1.807) is 0 Å². The van der Waals surface area contributed by atoms with Crippen LogP contribution in [0.15, 0.2) is 24.3 Å². The molecule has 0 spiro atoms. The zero-order chi connectivity index (χ0) is 15.2. The summed E-state index contributed by atoms with van der Waals surface area (Å²) in [5.41, 5.74) is 2.46. The van der Waals surface area contributed by atoms with Crippen LogP contribution in [0, 0.1) is 5.92 Å². The highest BCUT2D eigenvalue weighted by Gasteiger charge is 2.23. The zero-order valence-electron chi connectivity index (χ0n) is 12.3. The number of carboxylic acids is 1. The Balaban J connectivity index is 1.78. The molecule has 0 bridgehead atoms. The maximum absolute atomic E-state index is 12.2. The minimum absolute atomic E-state index is 0.00771. The Morgan fingerprint density at radius 2 is 2.10 bits per heavy atom. The molecule has 1 aliphatic rings. The second-order valence-corrected chi connectivity index (χ2v) is 5.69. The highest BCUT2D eigenvalue weighted by molar-refractivity contribution is 5.82. The van der Waals surface area contributed by atoms with Crippen LogP contribution in [-0.2, 0) is 22.6 Å². The average molecular weight is 290 g/mol. The van der Waals surface area contributed by atoms with Gasteiger partial charge in [-0.05, 0) is 29.9 Å². The van der Waals surface area contributed by atoms with Gasteiger partial charge in [0.15, 0.2) is 0 Å².